The maximum Gasteiger partial charge on any atom is 0.344 e. The lowest BCUT2D eigenvalue weighted by molar-refractivity contribution is -0.156. The minimum absolute atomic E-state index is 0.203. The fourth-order valence-corrected chi connectivity index (χ4v) is 2.36. The molecule has 2 rings (SSSR count). The van der Waals surface area contributed by atoms with Crippen LogP contribution in [0, 0.1) is 20.8 Å². The summed E-state index contributed by atoms with van der Waals surface area (Å²) in [5.41, 5.74) is 3.10. The van der Waals surface area contributed by atoms with Crippen LogP contribution in [0.15, 0.2) is 12.1 Å². The van der Waals surface area contributed by atoms with Crippen LogP contribution >= 0.6 is 0 Å². The van der Waals surface area contributed by atoms with E-state index >= 15 is 0 Å². The van der Waals surface area contributed by atoms with Crippen LogP contribution in [0.3, 0.4) is 0 Å². The Hall–Kier alpha value is -2.04. The first-order valence-corrected chi connectivity index (χ1v) is 7.57. The summed E-state index contributed by atoms with van der Waals surface area (Å²) in [6.07, 6.45) is 1.21. The third kappa shape index (κ3) is 4.48. The zero-order valence-electron chi connectivity index (χ0n) is 13.6. The van der Waals surface area contributed by atoms with Gasteiger partial charge in [0.15, 0.2) is 12.7 Å². The maximum atomic E-state index is 11.8. The van der Waals surface area contributed by atoms with Crippen LogP contribution in [0.2, 0.25) is 0 Å². The monoisotopic (exact) mass is 305 g/mol. The number of benzene rings is 1. The summed E-state index contributed by atoms with van der Waals surface area (Å²) in [5, 5.41) is 2.80. The van der Waals surface area contributed by atoms with E-state index in [4.69, 9.17) is 9.47 Å². The van der Waals surface area contributed by atoms with Gasteiger partial charge in [-0.05, 0) is 51.7 Å². The first kappa shape index (κ1) is 16.3. The molecular formula is C17H23NO4. The molecule has 1 fully saturated rings. The number of carbonyl (C=O) groups is 2. The number of rotatable bonds is 6. The van der Waals surface area contributed by atoms with E-state index in [1.54, 1.807) is 6.92 Å². The van der Waals surface area contributed by atoms with Gasteiger partial charge in [0.25, 0.3) is 5.91 Å². The summed E-state index contributed by atoms with van der Waals surface area (Å²) in [7, 11) is 0. The van der Waals surface area contributed by atoms with Crippen molar-refractivity contribution < 1.29 is 19.1 Å². The van der Waals surface area contributed by atoms with E-state index in [9.17, 15) is 9.59 Å². The van der Waals surface area contributed by atoms with Gasteiger partial charge in [-0.3, -0.25) is 4.79 Å². The smallest absolute Gasteiger partial charge is 0.344 e. The molecule has 1 atom stereocenters. The largest absolute Gasteiger partial charge is 0.481 e. The summed E-state index contributed by atoms with van der Waals surface area (Å²) < 4.78 is 10.6. The van der Waals surface area contributed by atoms with Crippen molar-refractivity contribution in [1.82, 2.24) is 5.32 Å². The third-order valence-electron chi connectivity index (χ3n) is 3.54. The molecule has 1 unspecified atom stereocenters. The molecular weight excluding hydrogens is 282 g/mol. The number of ether oxygens (including phenoxy) is 2. The zero-order valence-corrected chi connectivity index (χ0v) is 13.6. The predicted octanol–water partition coefficient (Wildman–Crippen LogP) is 2.20. The van der Waals surface area contributed by atoms with Gasteiger partial charge in [0.05, 0.1) is 0 Å². The highest BCUT2D eigenvalue weighted by Gasteiger charge is 2.27. The van der Waals surface area contributed by atoms with Crippen LogP contribution in [-0.4, -0.2) is 30.6 Å². The molecule has 0 heterocycles. The van der Waals surface area contributed by atoms with Gasteiger partial charge < -0.3 is 14.8 Å². The second-order valence-electron chi connectivity index (χ2n) is 5.93. The fourth-order valence-electron chi connectivity index (χ4n) is 2.36. The molecule has 120 valence electrons. The Bertz CT molecular complexity index is 555. The van der Waals surface area contributed by atoms with Crippen molar-refractivity contribution in [2.45, 2.75) is 52.7 Å². The number of hydrogen-bond donors (Lipinski definition) is 1. The van der Waals surface area contributed by atoms with Gasteiger partial charge in [0.1, 0.15) is 5.75 Å². The molecule has 5 nitrogen and oxygen atoms in total. The average molecular weight is 305 g/mol. The number of nitrogens with one attached hydrogen (secondary N) is 1. The Balaban J connectivity index is 1.83. The van der Waals surface area contributed by atoms with Crippen molar-refractivity contribution in [3.63, 3.8) is 0 Å². The third-order valence-corrected chi connectivity index (χ3v) is 3.54. The first-order chi connectivity index (χ1) is 10.4. The number of aryl methyl sites for hydroxylation is 3. The maximum absolute atomic E-state index is 11.8. The van der Waals surface area contributed by atoms with Crippen molar-refractivity contribution in [3.05, 3.63) is 28.8 Å². The van der Waals surface area contributed by atoms with Crippen molar-refractivity contribution >= 4 is 11.9 Å². The lowest BCUT2D eigenvalue weighted by Gasteiger charge is -2.15. The van der Waals surface area contributed by atoms with Gasteiger partial charge in [0.2, 0.25) is 0 Å². The van der Waals surface area contributed by atoms with Crippen LogP contribution in [0.4, 0.5) is 0 Å². The van der Waals surface area contributed by atoms with E-state index in [1.165, 1.54) is 0 Å². The van der Waals surface area contributed by atoms with E-state index in [0.29, 0.717) is 5.75 Å². The number of carbonyl (C=O) groups excluding carboxylic acids is 2. The number of amides is 1. The molecule has 1 aliphatic carbocycles. The molecule has 1 aromatic rings. The molecule has 22 heavy (non-hydrogen) atoms. The summed E-state index contributed by atoms with van der Waals surface area (Å²) >= 11 is 0. The van der Waals surface area contributed by atoms with Gasteiger partial charge in [-0.25, -0.2) is 4.79 Å². The minimum Gasteiger partial charge on any atom is -0.481 e. The van der Waals surface area contributed by atoms with Crippen LogP contribution in [0.25, 0.3) is 0 Å². The second-order valence-corrected chi connectivity index (χ2v) is 5.93. The molecule has 1 amide bonds. The number of esters is 1. The van der Waals surface area contributed by atoms with Crippen LogP contribution in [-0.2, 0) is 14.3 Å². The Morgan fingerprint density at radius 1 is 1.23 bits per heavy atom. The van der Waals surface area contributed by atoms with E-state index in [2.05, 4.69) is 5.32 Å². The molecule has 1 aromatic carbocycles. The molecule has 0 aromatic heterocycles. The Labute approximate surface area is 131 Å². The quantitative estimate of drug-likeness (QED) is 0.818. The van der Waals surface area contributed by atoms with E-state index in [-0.39, 0.29) is 18.6 Å². The highest BCUT2D eigenvalue weighted by molar-refractivity contribution is 5.84. The average Bonchev–Trinajstić information content (AvgIpc) is 3.21. The molecule has 5 heteroatoms. The zero-order chi connectivity index (χ0) is 16.3. The van der Waals surface area contributed by atoms with E-state index in [1.807, 2.05) is 32.9 Å². The number of hydrogen-bond acceptors (Lipinski definition) is 4. The molecule has 0 saturated heterocycles. The van der Waals surface area contributed by atoms with E-state index in [0.717, 1.165) is 29.5 Å². The fraction of sp³-hybridized carbons (Fsp3) is 0.529. The summed E-state index contributed by atoms with van der Waals surface area (Å²) in [4.78, 5) is 23.5. The highest BCUT2D eigenvalue weighted by atomic mass is 16.6. The molecule has 0 spiro atoms. The SMILES string of the molecule is Cc1cc(C)c(OCC(=O)OC(C)C(=O)NC2CC2)c(C)c1. The molecule has 1 saturated carbocycles. The van der Waals surface area contributed by atoms with Crippen molar-refractivity contribution in [2.24, 2.45) is 0 Å². The first-order valence-electron chi connectivity index (χ1n) is 7.57. The lowest BCUT2D eigenvalue weighted by atomic mass is 10.1. The normalized spacial score (nSPS) is 15.1. The van der Waals surface area contributed by atoms with Gasteiger partial charge in [0, 0.05) is 6.04 Å². The summed E-state index contributed by atoms with van der Waals surface area (Å²) in [6.45, 7) is 7.25. The van der Waals surface area contributed by atoms with Gasteiger partial charge in [-0.15, -0.1) is 0 Å². The molecule has 0 bridgehead atoms. The van der Waals surface area contributed by atoms with Gasteiger partial charge in [-0.1, -0.05) is 17.7 Å². The summed E-state index contributed by atoms with van der Waals surface area (Å²) in [6, 6.07) is 4.25. The molecule has 1 N–H and O–H groups in total. The lowest BCUT2D eigenvalue weighted by Crippen LogP contribution is -2.37. The predicted molar refractivity (Wildman–Crippen MR) is 82.9 cm³/mol. The van der Waals surface area contributed by atoms with Crippen molar-refractivity contribution in [1.29, 1.82) is 0 Å². The van der Waals surface area contributed by atoms with Crippen molar-refractivity contribution in [3.8, 4) is 5.75 Å². The second kappa shape index (κ2) is 6.81. The summed E-state index contributed by atoms with van der Waals surface area (Å²) in [5.74, 6) is -0.103. The standard InChI is InChI=1S/C17H23NO4/c1-10-7-11(2)16(12(3)8-10)21-9-15(19)22-13(4)17(20)18-14-5-6-14/h7-8,13-14H,5-6,9H2,1-4H3,(H,18,20). The molecule has 0 radical (unpaired) electrons. The van der Waals surface area contributed by atoms with Crippen LogP contribution in [0.1, 0.15) is 36.5 Å². The van der Waals surface area contributed by atoms with Gasteiger partial charge >= 0.3 is 5.97 Å². The molecule has 0 aliphatic heterocycles. The Kier molecular flexibility index (Phi) is 5.06. The van der Waals surface area contributed by atoms with Crippen LogP contribution < -0.4 is 10.1 Å². The van der Waals surface area contributed by atoms with Crippen LogP contribution in [0.5, 0.6) is 5.75 Å². The van der Waals surface area contributed by atoms with E-state index < -0.39 is 12.1 Å². The highest BCUT2D eigenvalue weighted by Crippen LogP contribution is 2.24. The van der Waals surface area contributed by atoms with Crippen molar-refractivity contribution in [2.75, 3.05) is 6.61 Å². The Morgan fingerprint density at radius 2 is 1.82 bits per heavy atom. The Morgan fingerprint density at radius 3 is 2.36 bits per heavy atom. The minimum atomic E-state index is -0.795. The molecule has 1 aliphatic rings. The van der Waals surface area contributed by atoms with Gasteiger partial charge in [-0.2, -0.15) is 0 Å². The topological polar surface area (TPSA) is 64.6 Å².